The van der Waals surface area contributed by atoms with Gasteiger partial charge in [-0.15, -0.1) is 0 Å². The molecule has 0 aliphatic carbocycles. The number of benzene rings is 1. The highest BCUT2D eigenvalue weighted by Crippen LogP contribution is 2.15. The van der Waals surface area contributed by atoms with E-state index in [9.17, 15) is 9.18 Å². The number of amides is 1. The molecule has 1 aromatic carbocycles. The third-order valence-corrected chi connectivity index (χ3v) is 2.52. The highest BCUT2D eigenvalue weighted by atomic mass is 19.1. The van der Waals surface area contributed by atoms with Crippen molar-refractivity contribution in [1.29, 1.82) is 0 Å². The average Bonchev–Trinajstić information content (AvgIpc) is 2.21. The minimum atomic E-state index is -0.338. The Labute approximate surface area is 94.8 Å². The maximum Gasteiger partial charge on any atom is 0.218 e. The number of nitrogens with two attached hydrogens (primary N) is 1. The van der Waals surface area contributed by atoms with E-state index in [1.54, 1.807) is 13.0 Å². The fraction of sp³-hybridized carbons (Fsp3) is 0.417. The van der Waals surface area contributed by atoms with Gasteiger partial charge in [0.1, 0.15) is 5.82 Å². The van der Waals surface area contributed by atoms with Gasteiger partial charge in [-0.25, -0.2) is 4.39 Å². The first-order valence-corrected chi connectivity index (χ1v) is 5.28. The van der Waals surface area contributed by atoms with Gasteiger partial charge in [0.2, 0.25) is 5.91 Å². The lowest BCUT2D eigenvalue weighted by Crippen LogP contribution is -2.24. The first-order chi connectivity index (χ1) is 7.50. The van der Waals surface area contributed by atoms with Gasteiger partial charge in [-0.05, 0) is 31.0 Å². The lowest BCUT2D eigenvalue weighted by atomic mass is 10.1. The lowest BCUT2D eigenvalue weighted by Gasteiger charge is -2.14. The summed E-state index contributed by atoms with van der Waals surface area (Å²) < 4.78 is 13.3. The van der Waals surface area contributed by atoms with E-state index < -0.39 is 0 Å². The van der Waals surface area contributed by atoms with E-state index in [0.717, 1.165) is 5.56 Å². The molecule has 3 nitrogen and oxygen atoms in total. The predicted molar refractivity (Wildman–Crippen MR) is 61.4 cm³/mol. The first kappa shape index (κ1) is 12.6. The van der Waals surface area contributed by atoms with Gasteiger partial charge < -0.3 is 11.1 Å². The van der Waals surface area contributed by atoms with Gasteiger partial charge in [0, 0.05) is 19.0 Å². The van der Waals surface area contributed by atoms with E-state index >= 15 is 0 Å². The van der Waals surface area contributed by atoms with Gasteiger partial charge >= 0.3 is 0 Å². The number of nitrogens with one attached hydrogen (secondary N) is 1. The van der Waals surface area contributed by atoms with E-state index in [1.165, 1.54) is 6.07 Å². The summed E-state index contributed by atoms with van der Waals surface area (Å²) in [4.78, 5) is 10.5. The Bertz CT molecular complexity index is 379. The predicted octanol–water partition coefficient (Wildman–Crippen LogP) is 1.66. The van der Waals surface area contributed by atoms with Crippen molar-refractivity contribution in [2.75, 3.05) is 6.54 Å². The molecule has 0 saturated carbocycles. The quantitative estimate of drug-likeness (QED) is 0.799. The largest absolute Gasteiger partial charge is 0.370 e. The molecule has 0 aromatic heterocycles. The summed E-state index contributed by atoms with van der Waals surface area (Å²) in [6.45, 7) is 4.15. The highest BCUT2D eigenvalue weighted by molar-refractivity contribution is 5.73. The number of aryl methyl sites for hydroxylation is 1. The number of hydrogen-bond donors (Lipinski definition) is 2. The number of halogens is 1. The summed E-state index contributed by atoms with van der Waals surface area (Å²) in [5.41, 5.74) is 6.52. The van der Waals surface area contributed by atoms with Crippen molar-refractivity contribution >= 4 is 5.91 Å². The van der Waals surface area contributed by atoms with E-state index in [4.69, 9.17) is 5.73 Å². The molecule has 16 heavy (non-hydrogen) atoms. The van der Waals surface area contributed by atoms with Gasteiger partial charge in [-0.1, -0.05) is 12.1 Å². The van der Waals surface area contributed by atoms with Crippen LogP contribution in [0.2, 0.25) is 0 Å². The van der Waals surface area contributed by atoms with Crippen LogP contribution < -0.4 is 11.1 Å². The van der Waals surface area contributed by atoms with Gasteiger partial charge in [0.25, 0.3) is 0 Å². The smallest absolute Gasteiger partial charge is 0.218 e. The first-order valence-electron chi connectivity index (χ1n) is 5.28. The maximum atomic E-state index is 13.3. The third kappa shape index (κ3) is 3.62. The summed E-state index contributed by atoms with van der Waals surface area (Å²) >= 11 is 0. The van der Waals surface area contributed by atoms with Gasteiger partial charge in [-0.3, -0.25) is 4.79 Å². The molecule has 0 bridgehead atoms. The fourth-order valence-corrected chi connectivity index (χ4v) is 1.41. The maximum absolute atomic E-state index is 13.3. The molecular formula is C12H17FN2O. The van der Waals surface area contributed by atoms with Crippen LogP contribution in [-0.4, -0.2) is 12.5 Å². The fourth-order valence-electron chi connectivity index (χ4n) is 1.41. The number of primary amides is 1. The molecule has 0 fully saturated rings. The minimum Gasteiger partial charge on any atom is -0.370 e. The molecule has 88 valence electrons. The number of carbonyl (C=O) groups excluding carboxylic acids is 1. The molecule has 1 amide bonds. The zero-order valence-corrected chi connectivity index (χ0v) is 9.59. The Balaban J connectivity index is 2.55. The second-order valence-electron chi connectivity index (χ2n) is 3.90. The SMILES string of the molecule is Cc1ccc(C(C)NCCC(N)=O)cc1F. The van der Waals surface area contributed by atoms with Gasteiger partial charge in [0.15, 0.2) is 0 Å². The number of carbonyl (C=O) groups is 1. The normalized spacial score (nSPS) is 12.4. The van der Waals surface area contributed by atoms with Crippen LogP contribution in [-0.2, 0) is 4.79 Å². The Hall–Kier alpha value is -1.42. The van der Waals surface area contributed by atoms with Crippen LogP contribution in [0.4, 0.5) is 4.39 Å². The monoisotopic (exact) mass is 224 g/mol. The molecule has 0 spiro atoms. The molecule has 1 atom stereocenters. The minimum absolute atomic E-state index is 0.00875. The van der Waals surface area contributed by atoms with Crippen LogP contribution in [0.15, 0.2) is 18.2 Å². The van der Waals surface area contributed by atoms with Crippen molar-refractivity contribution in [2.45, 2.75) is 26.3 Å². The van der Waals surface area contributed by atoms with Crippen molar-refractivity contribution < 1.29 is 9.18 Å². The van der Waals surface area contributed by atoms with Crippen molar-refractivity contribution in [3.8, 4) is 0 Å². The summed E-state index contributed by atoms with van der Waals surface area (Å²) in [5, 5.41) is 3.11. The van der Waals surface area contributed by atoms with Crippen molar-refractivity contribution in [2.24, 2.45) is 5.73 Å². The third-order valence-electron chi connectivity index (χ3n) is 2.52. The zero-order chi connectivity index (χ0) is 12.1. The second kappa shape index (κ2) is 5.61. The highest BCUT2D eigenvalue weighted by Gasteiger charge is 2.07. The van der Waals surface area contributed by atoms with Crippen LogP contribution in [0.5, 0.6) is 0 Å². The summed E-state index contributed by atoms with van der Waals surface area (Å²) in [5.74, 6) is -0.546. The Morgan fingerprint density at radius 2 is 2.25 bits per heavy atom. The van der Waals surface area contributed by atoms with Gasteiger partial charge in [-0.2, -0.15) is 0 Å². The molecule has 1 aromatic rings. The lowest BCUT2D eigenvalue weighted by molar-refractivity contribution is -0.117. The number of rotatable bonds is 5. The van der Waals surface area contributed by atoms with Crippen molar-refractivity contribution in [3.63, 3.8) is 0 Å². The van der Waals surface area contributed by atoms with Gasteiger partial charge in [0.05, 0.1) is 0 Å². The Morgan fingerprint density at radius 3 is 2.81 bits per heavy atom. The molecule has 0 saturated heterocycles. The molecule has 1 unspecified atom stereocenters. The molecule has 0 radical (unpaired) electrons. The van der Waals surface area contributed by atoms with E-state index in [1.807, 2.05) is 13.0 Å². The molecule has 4 heteroatoms. The van der Waals surface area contributed by atoms with E-state index in [-0.39, 0.29) is 17.8 Å². The Morgan fingerprint density at radius 1 is 1.56 bits per heavy atom. The standard InChI is InChI=1S/C12H17FN2O/c1-8-3-4-10(7-11(8)13)9(2)15-6-5-12(14)16/h3-4,7,9,15H,5-6H2,1-2H3,(H2,14,16). The molecule has 0 aliphatic heterocycles. The molecule has 0 heterocycles. The van der Waals surface area contributed by atoms with Crippen molar-refractivity contribution in [1.82, 2.24) is 5.32 Å². The number of hydrogen-bond acceptors (Lipinski definition) is 2. The van der Waals surface area contributed by atoms with E-state index in [0.29, 0.717) is 18.5 Å². The Kier molecular flexibility index (Phi) is 4.43. The molecular weight excluding hydrogens is 207 g/mol. The summed E-state index contributed by atoms with van der Waals surface area (Å²) in [6.07, 6.45) is 0.290. The summed E-state index contributed by atoms with van der Waals surface area (Å²) in [6, 6.07) is 5.14. The van der Waals surface area contributed by atoms with Crippen LogP contribution in [0, 0.1) is 12.7 Å². The molecule has 0 aliphatic rings. The molecule has 1 rings (SSSR count). The van der Waals surface area contributed by atoms with Crippen LogP contribution >= 0.6 is 0 Å². The average molecular weight is 224 g/mol. The van der Waals surface area contributed by atoms with Crippen LogP contribution in [0.1, 0.15) is 30.5 Å². The van der Waals surface area contributed by atoms with Crippen LogP contribution in [0.3, 0.4) is 0 Å². The van der Waals surface area contributed by atoms with Crippen molar-refractivity contribution in [3.05, 3.63) is 35.1 Å². The topological polar surface area (TPSA) is 55.1 Å². The zero-order valence-electron chi connectivity index (χ0n) is 9.59. The molecule has 3 N–H and O–H groups in total. The van der Waals surface area contributed by atoms with Crippen LogP contribution in [0.25, 0.3) is 0 Å². The second-order valence-corrected chi connectivity index (χ2v) is 3.90. The summed E-state index contributed by atoms with van der Waals surface area (Å²) in [7, 11) is 0. The van der Waals surface area contributed by atoms with E-state index in [2.05, 4.69) is 5.32 Å².